The molecule has 1 atom stereocenters. The average molecular weight is 436 g/mol. The van der Waals surface area contributed by atoms with Crippen LogP contribution in [-0.4, -0.2) is 36.9 Å². The Hall–Kier alpha value is -2.67. The maximum atomic E-state index is 12.9. The summed E-state index contributed by atoms with van der Waals surface area (Å²) >= 11 is 1.45. The molecule has 0 spiro atoms. The topological polar surface area (TPSA) is 72.7 Å². The largest absolute Gasteiger partial charge is 0.352 e. The highest BCUT2D eigenvalue weighted by atomic mass is 32.2. The lowest BCUT2D eigenvalue weighted by Gasteiger charge is -2.24. The first-order valence-electron chi connectivity index (χ1n) is 10.9. The van der Waals surface area contributed by atoms with Crippen LogP contribution in [-0.2, 0) is 4.79 Å². The Morgan fingerprint density at radius 1 is 1.16 bits per heavy atom. The first-order valence-corrected chi connectivity index (χ1v) is 11.8. The van der Waals surface area contributed by atoms with Crippen molar-refractivity contribution in [3.63, 3.8) is 0 Å². The fourth-order valence-corrected chi connectivity index (χ4v) is 4.95. The van der Waals surface area contributed by atoms with Gasteiger partial charge >= 0.3 is 0 Å². The number of pyridine rings is 1. The van der Waals surface area contributed by atoms with Crippen LogP contribution in [0.5, 0.6) is 0 Å². The predicted molar refractivity (Wildman–Crippen MR) is 124 cm³/mol. The molecule has 0 saturated heterocycles. The van der Waals surface area contributed by atoms with Crippen LogP contribution in [0.4, 0.5) is 0 Å². The van der Waals surface area contributed by atoms with Gasteiger partial charge in [-0.25, -0.2) is 0 Å². The summed E-state index contributed by atoms with van der Waals surface area (Å²) in [6.07, 6.45) is 9.35. The van der Waals surface area contributed by atoms with Crippen LogP contribution in [0.2, 0.25) is 0 Å². The number of nitrogens with zero attached hydrogens (tertiary/aromatic N) is 4. The van der Waals surface area contributed by atoms with E-state index in [9.17, 15) is 4.79 Å². The molecule has 1 unspecified atom stereocenters. The Morgan fingerprint density at radius 3 is 2.68 bits per heavy atom. The summed E-state index contributed by atoms with van der Waals surface area (Å²) in [6.45, 7) is 6.11. The molecule has 1 fully saturated rings. The van der Waals surface area contributed by atoms with Crippen molar-refractivity contribution in [1.29, 1.82) is 0 Å². The molecule has 6 nitrogen and oxygen atoms in total. The molecule has 7 heteroatoms. The molecule has 1 aliphatic rings. The first kappa shape index (κ1) is 21.6. The molecule has 2 aromatic heterocycles. The minimum atomic E-state index is -0.266. The number of hydrogen-bond donors (Lipinski definition) is 1. The Kier molecular flexibility index (Phi) is 6.70. The van der Waals surface area contributed by atoms with E-state index < -0.39 is 0 Å². The number of thioether (sulfide) groups is 1. The van der Waals surface area contributed by atoms with E-state index >= 15 is 0 Å². The number of amides is 1. The summed E-state index contributed by atoms with van der Waals surface area (Å²) in [7, 11) is 0. The SMILES string of the molecule is Cc1ccc(-n2c(SC(C)C(=O)NC3CCCCC3)nnc2-c2cccnc2)c(C)c1. The molecule has 162 valence electrons. The quantitative estimate of drug-likeness (QED) is 0.559. The van der Waals surface area contributed by atoms with Gasteiger partial charge < -0.3 is 5.32 Å². The second kappa shape index (κ2) is 9.64. The van der Waals surface area contributed by atoms with Crippen molar-refractivity contribution < 1.29 is 4.79 Å². The number of rotatable bonds is 6. The highest BCUT2D eigenvalue weighted by molar-refractivity contribution is 8.00. The van der Waals surface area contributed by atoms with Gasteiger partial charge in [0.25, 0.3) is 0 Å². The smallest absolute Gasteiger partial charge is 0.233 e. The molecule has 31 heavy (non-hydrogen) atoms. The van der Waals surface area contributed by atoms with Gasteiger partial charge in [-0.1, -0.05) is 48.7 Å². The van der Waals surface area contributed by atoms with Crippen LogP contribution in [0, 0.1) is 13.8 Å². The second-order valence-corrected chi connectivity index (χ2v) is 9.58. The molecule has 3 aromatic rings. The van der Waals surface area contributed by atoms with Gasteiger partial charge in [0.05, 0.1) is 10.9 Å². The number of carbonyl (C=O) groups is 1. The van der Waals surface area contributed by atoms with Crippen molar-refractivity contribution in [3.8, 4) is 17.1 Å². The van der Waals surface area contributed by atoms with Gasteiger partial charge in [-0.15, -0.1) is 10.2 Å². The third-order valence-corrected chi connectivity index (χ3v) is 6.79. The molecule has 0 aliphatic heterocycles. The normalized spacial score (nSPS) is 15.6. The average Bonchev–Trinajstić information content (AvgIpc) is 3.18. The highest BCUT2D eigenvalue weighted by Gasteiger charge is 2.24. The Balaban J connectivity index is 1.64. The lowest BCUT2D eigenvalue weighted by Crippen LogP contribution is -2.40. The van der Waals surface area contributed by atoms with E-state index in [2.05, 4.69) is 52.5 Å². The van der Waals surface area contributed by atoms with E-state index in [-0.39, 0.29) is 11.2 Å². The summed E-state index contributed by atoms with van der Waals surface area (Å²) in [4.78, 5) is 17.1. The van der Waals surface area contributed by atoms with Gasteiger partial charge in [0, 0.05) is 24.0 Å². The standard InChI is InChI=1S/C24H29N5OS/c1-16-11-12-21(17(2)14-16)29-22(19-8-7-13-25-15-19)27-28-24(29)31-18(3)23(30)26-20-9-5-4-6-10-20/h7-8,11-15,18,20H,4-6,9-10H2,1-3H3,(H,26,30). The van der Waals surface area contributed by atoms with Gasteiger partial charge in [0.2, 0.25) is 5.91 Å². The number of aryl methyl sites for hydroxylation is 2. The molecule has 1 aromatic carbocycles. The van der Waals surface area contributed by atoms with E-state index in [4.69, 9.17) is 0 Å². The zero-order valence-electron chi connectivity index (χ0n) is 18.3. The van der Waals surface area contributed by atoms with Crippen molar-refractivity contribution in [2.75, 3.05) is 0 Å². The Morgan fingerprint density at radius 2 is 1.97 bits per heavy atom. The number of carbonyl (C=O) groups excluding carboxylic acids is 1. The van der Waals surface area contributed by atoms with Crippen molar-refractivity contribution in [1.82, 2.24) is 25.1 Å². The minimum Gasteiger partial charge on any atom is -0.352 e. The zero-order chi connectivity index (χ0) is 21.8. The molecule has 0 radical (unpaired) electrons. The van der Waals surface area contributed by atoms with Crippen molar-refractivity contribution in [2.45, 2.75) is 69.3 Å². The van der Waals surface area contributed by atoms with E-state index in [1.807, 2.05) is 23.6 Å². The lowest BCUT2D eigenvalue weighted by atomic mass is 9.95. The summed E-state index contributed by atoms with van der Waals surface area (Å²) in [5.74, 6) is 0.789. The monoisotopic (exact) mass is 435 g/mol. The molecule has 2 heterocycles. The first-order chi connectivity index (χ1) is 15.0. The van der Waals surface area contributed by atoms with Crippen LogP contribution in [0.25, 0.3) is 17.1 Å². The summed E-state index contributed by atoms with van der Waals surface area (Å²) in [6, 6.07) is 10.5. The zero-order valence-corrected chi connectivity index (χ0v) is 19.2. The maximum Gasteiger partial charge on any atom is 0.233 e. The number of nitrogens with one attached hydrogen (secondary N) is 1. The fraction of sp³-hybridized carbons (Fsp3) is 0.417. The number of hydrogen-bond acceptors (Lipinski definition) is 5. The van der Waals surface area contributed by atoms with Crippen LogP contribution >= 0.6 is 11.8 Å². The Bertz CT molecular complexity index is 1040. The van der Waals surface area contributed by atoms with Crippen LogP contribution < -0.4 is 5.32 Å². The third-order valence-electron chi connectivity index (χ3n) is 5.75. The van der Waals surface area contributed by atoms with Gasteiger partial charge in [-0.2, -0.15) is 0 Å². The minimum absolute atomic E-state index is 0.0648. The molecule has 1 amide bonds. The fourth-order valence-electron chi connectivity index (χ4n) is 4.08. The lowest BCUT2D eigenvalue weighted by molar-refractivity contribution is -0.121. The van der Waals surface area contributed by atoms with E-state index in [0.29, 0.717) is 11.2 Å². The van der Waals surface area contributed by atoms with Gasteiger partial charge in [-0.3, -0.25) is 14.3 Å². The number of aromatic nitrogens is 4. The maximum absolute atomic E-state index is 12.9. The highest BCUT2D eigenvalue weighted by Crippen LogP contribution is 2.31. The molecular weight excluding hydrogens is 406 g/mol. The van der Waals surface area contributed by atoms with Crippen molar-refractivity contribution in [3.05, 3.63) is 53.9 Å². The van der Waals surface area contributed by atoms with E-state index in [1.165, 1.54) is 36.6 Å². The summed E-state index contributed by atoms with van der Waals surface area (Å²) < 4.78 is 2.04. The third kappa shape index (κ3) is 4.98. The van der Waals surface area contributed by atoms with Crippen molar-refractivity contribution >= 4 is 17.7 Å². The molecular formula is C24H29N5OS. The van der Waals surface area contributed by atoms with Gasteiger partial charge in [-0.05, 0) is 57.4 Å². The van der Waals surface area contributed by atoms with Crippen molar-refractivity contribution in [2.24, 2.45) is 0 Å². The number of benzene rings is 1. The summed E-state index contributed by atoms with van der Waals surface area (Å²) in [5, 5.41) is 12.6. The van der Waals surface area contributed by atoms with Gasteiger partial charge in [0.1, 0.15) is 0 Å². The molecule has 1 saturated carbocycles. The second-order valence-electron chi connectivity index (χ2n) is 8.28. The molecule has 1 aliphatic carbocycles. The van der Waals surface area contributed by atoms with E-state index in [0.717, 1.165) is 35.5 Å². The molecule has 4 rings (SSSR count). The van der Waals surface area contributed by atoms with Crippen LogP contribution in [0.15, 0.2) is 47.9 Å². The molecule has 1 N–H and O–H groups in total. The summed E-state index contributed by atoms with van der Waals surface area (Å²) in [5.41, 5.74) is 4.23. The van der Waals surface area contributed by atoms with Crippen LogP contribution in [0.1, 0.15) is 50.2 Å². The Labute approximate surface area is 187 Å². The van der Waals surface area contributed by atoms with Crippen LogP contribution in [0.3, 0.4) is 0 Å². The predicted octanol–water partition coefficient (Wildman–Crippen LogP) is 4.88. The van der Waals surface area contributed by atoms with E-state index in [1.54, 1.807) is 12.4 Å². The van der Waals surface area contributed by atoms with Gasteiger partial charge in [0.15, 0.2) is 11.0 Å². The molecule has 0 bridgehead atoms.